The monoisotopic (exact) mass is 366 g/mol. The summed E-state index contributed by atoms with van der Waals surface area (Å²) >= 11 is 1.46. The van der Waals surface area contributed by atoms with Crippen molar-refractivity contribution in [1.82, 2.24) is 4.90 Å². The van der Waals surface area contributed by atoms with Gasteiger partial charge in [-0.05, 0) is 37.2 Å². The quantitative estimate of drug-likeness (QED) is 0.774. The number of likely N-dealkylation sites (tertiary alicyclic amines) is 1. The molecule has 1 saturated heterocycles. The van der Waals surface area contributed by atoms with E-state index in [0.717, 1.165) is 18.0 Å². The maximum absolute atomic E-state index is 12.5. The van der Waals surface area contributed by atoms with Gasteiger partial charge in [-0.25, -0.2) is 4.79 Å². The molecule has 0 bridgehead atoms. The Hall–Kier alpha value is -1.40. The van der Waals surface area contributed by atoms with Crippen LogP contribution in [-0.4, -0.2) is 43.0 Å². The minimum atomic E-state index is -0.374. The van der Waals surface area contributed by atoms with Crippen molar-refractivity contribution in [2.24, 2.45) is 11.8 Å². The van der Waals surface area contributed by atoms with Gasteiger partial charge < -0.3 is 10.1 Å². The highest BCUT2D eigenvalue weighted by Gasteiger charge is 2.25. The first kappa shape index (κ1) is 19.9. The molecule has 25 heavy (non-hydrogen) atoms. The van der Waals surface area contributed by atoms with Gasteiger partial charge in [0, 0.05) is 18.0 Å². The van der Waals surface area contributed by atoms with Crippen LogP contribution in [0.25, 0.3) is 0 Å². The van der Waals surface area contributed by atoms with Crippen molar-refractivity contribution in [2.75, 3.05) is 31.6 Å². The third-order valence-electron chi connectivity index (χ3n) is 4.38. The fourth-order valence-corrected chi connectivity index (χ4v) is 4.50. The van der Waals surface area contributed by atoms with E-state index in [9.17, 15) is 9.59 Å². The van der Waals surface area contributed by atoms with E-state index < -0.39 is 0 Å². The van der Waals surface area contributed by atoms with Crippen LogP contribution in [0.1, 0.15) is 62.2 Å². The molecule has 1 aromatic rings. The number of hydrogen-bond acceptors (Lipinski definition) is 5. The van der Waals surface area contributed by atoms with Gasteiger partial charge in [0.05, 0.1) is 18.7 Å². The van der Waals surface area contributed by atoms with Crippen LogP contribution in [0.4, 0.5) is 5.00 Å². The summed E-state index contributed by atoms with van der Waals surface area (Å²) in [6.07, 6.45) is 1.22. The van der Waals surface area contributed by atoms with Crippen molar-refractivity contribution in [1.29, 1.82) is 0 Å². The molecule has 2 rings (SSSR count). The first-order valence-electron chi connectivity index (χ1n) is 9.13. The second kappa shape index (κ2) is 8.81. The summed E-state index contributed by atoms with van der Waals surface area (Å²) in [7, 11) is 0. The average Bonchev–Trinajstić information content (AvgIpc) is 2.90. The van der Waals surface area contributed by atoms with Crippen molar-refractivity contribution in [3.05, 3.63) is 16.5 Å². The lowest BCUT2D eigenvalue weighted by Crippen LogP contribution is -2.42. The fourth-order valence-electron chi connectivity index (χ4n) is 3.44. The zero-order chi connectivity index (χ0) is 18.6. The van der Waals surface area contributed by atoms with Crippen LogP contribution in [0.15, 0.2) is 6.07 Å². The Labute approximate surface area is 154 Å². The van der Waals surface area contributed by atoms with E-state index in [4.69, 9.17) is 4.74 Å². The number of amides is 1. The van der Waals surface area contributed by atoms with E-state index in [0.29, 0.717) is 41.5 Å². The number of carbonyl (C=O) groups is 2. The number of nitrogens with zero attached hydrogens (tertiary/aromatic N) is 1. The molecule has 1 aromatic heterocycles. The lowest BCUT2D eigenvalue weighted by molar-refractivity contribution is -0.117. The molecule has 1 N–H and O–H groups in total. The molecule has 0 spiro atoms. The van der Waals surface area contributed by atoms with Crippen LogP contribution in [-0.2, 0) is 9.53 Å². The van der Waals surface area contributed by atoms with Gasteiger partial charge in [-0.2, -0.15) is 0 Å². The van der Waals surface area contributed by atoms with Gasteiger partial charge in [-0.3, -0.25) is 9.69 Å². The van der Waals surface area contributed by atoms with Gasteiger partial charge >= 0.3 is 5.97 Å². The molecule has 0 saturated carbocycles. The fraction of sp³-hybridized carbons (Fsp3) is 0.684. The third-order valence-corrected chi connectivity index (χ3v) is 5.73. The summed E-state index contributed by atoms with van der Waals surface area (Å²) < 4.78 is 5.13. The molecule has 2 atom stereocenters. The van der Waals surface area contributed by atoms with Crippen LogP contribution in [0, 0.1) is 11.8 Å². The molecule has 0 aromatic carbocycles. The summed E-state index contributed by atoms with van der Waals surface area (Å²) in [4.78, 5) is 28.0. The first-order chi connectivity index (χ1) is 11.8. The predicted molar refractivity (Wildman–Crippen MR) is 102 cm³/mol. The Bertz CT molecular complexity index is 602. The maximum atomic E-state index is 12.5. The van der Waals surface area contributed by atoms with Gasteiger partial charge in [-0.15, -0.1) is 11.3 Å². The van der Waals surface area contributed by atoms with Gasteiger partial charge in [-0.1, -0.05) is 27.7 Å². The van der Waals surface area contributed by atoms with Crippen LogP contribution >= 0.6 is 11.3 Å². The second-order valence-electron chi connectivity index (χ2n) is 7.46. The van der Waals surface area contributed by atoms with Crippen molar-refractivity contribution >= 4 is 28.2 Å². The SMILES string of the molecule is CCOC(=O)c1cc(C(C)C)sc1NC(=O)CN1C[C@H](C)C[C@H](C)C1. The number of esters is 1. The van der Waals surface area contributed by atoms with E-state index >= 15 is 0 Å². The molecule has 1 aliphatic rings. The molecular weight excluding hydrogens is 336 g/mol. The lowest BCUT2D eigenvalue weighted by atomic mass is 9.92. The molecule has 1 aliphatic heterocycles. The van der Waals surface area contributed by atoms with Gasteiger partial charge in [0.15, 0.2) is 0 Å². The minimum absolute atomic E-state index is 0.0657. The highest BCUT2D eigenvalue weighted by atomic mass is 32.1. The largest absolute Gasteiger partial charge is 0.462 e. The molecule has 0 radical (unpaired) electrons. The van der Waals surface area contributed by atoms with Crippen molar-refractivity contribution < 1.29 is 14.3 Å². The van der Waals surface area contributed by atoms with Crippen molar-refractivity contribution in [3.63, 3.8) is 0 Å². The number of thiophene rings is 1. The Morgan fingerprint density at radius 3 is 2.52 bits per heavy atom. The summed E-state index contributed by atoms with van der Waals surface area (Å²) in [5, 5.41) is 3.54. The molecule has 0 unspecified atom stereocenters. The number of nitrogens with one attached hydrogen (secondary N) is 1. The van der Waals surface area contributed by atoms with Crippen LogP contribution in [0.3, 0.4) is 0 Å². The summed E-state index contributed by atoms with van der Waals surface area (Å²) in [6, 6.07) is 1.84. The second-order valence-corrected chi connectivity index (χ2v) is 8.54. The Morgan fingerprint density at radius 2 is 1.96 bits per heavy atom. The molecule has 6 heteroatoms. The highest BCUT2D eigenvalue weighted by Crippen LogP contribution is 2.33. The summed E-state index contributed by atoms with van der Waals surface area (Å²) in [5.41, 5.74) is 0.462. The summed E-state index contributed by atoms with van der Waals surface area (Å²) in [5.74, 6) is 1.08. The van der Waals surface area contributed by atoms with E-state index in [-0.39, 0.29) is 11.9 Å². The van der Waals surface area contributed by atoms with E-state index in [2.05, 4.69) is 37.9 Å². The molecule has 1 fully saturated rings. The average molecular weight is 367 g/mol. The van der Waals surface area contributed by atoms with E-state index in [1.807, 2.05) is 6.07 Å². The number of piperidine rings is 1. The van der Waals surface area contributed by atoms with Crippen LogP contribution < -0.4 is 5.32 Å². The zero-order valence-corrected chi connectivity index (χ0v) is 16.7. The zero-order valence-electron chi connectivity index (χ0n) is 15.9. The number of ether oxygens (including phenoxy) is 1. The normalized spacial score (nSPS) is 21.4. The molecule has 2 heterocycles. The molecule has 140 valence electrons. The third kappa shape index (κ3) is 5.54. The van der Waals surface area contributed by atoms with Gasteiger partial charge in [0.2, 0.25) is 5.91 Å². The molecule has 0 aliphatic carbocycles. The van der Waals surface area contributed by atoms with Gasteiger partial charge in [0.1, 0.15) is 5.00 Å². The van der Waals surface area contributed by atoms with Crippen molar-refractivity contribution in [3.8, 4) is 0 Å². The Morgan fingerprint density at radius 1 is 1.32 bits per heavy atom. The Kier molecular flexibility index (Phi) is 7.02. The smallest absolute Gasteiger partial charge is 0.341 e. The number of hydrogen-bond donors (Lipinski definition) is 1. The highest BCUT2D eigenvalue weighted by molar-refractivity contribution is 7.16. The number of carbonyl (C=O) groups excluding carboxylic acids is 2. The van der Waals surface area contributed by atoms with Gasteiger partial charge in [0.25, 0.3) is 0 Å². The maximum Gasteiger partial charge on any atom is 0.341 e. The lowest BCUT2D eigenvalue weighted by Gasteiger charge is -2.34. The standard InChI is InChI=1S/C19H30N2O3S/c1-6-24-19(23)15-8-16(12(2)3)25-18(15)20-17(22)11-21-9-13(4)7-14(5)10-21/h8,12-14H,6-7,9-11H2,1-5H3,(H,20,22)/t13-,14+. The van der Waals surface area contributed by atoms with Crippen LogP contribution in [0.2, 0.25) is 0 Å². The Balaban J connectivity index is 2.07. The minimum Gasteiger partial charge on any atom is -0.462 e. The van der Waals surface area contributed by atoms with E-state index in [1.165, 1.54) is 17.8 Å². The van der Waals surface area contributed by atoms with E-state index in [1.54, 1.807) is 6.92 Å². The topological polar surface area (TPSA) is 58.6 Å². The van der Waals surface area contributed by atoms with Crippen molar-refractivity contribution in [2.45, 2.75) is 47.0 Å². The number of rotatable bonds is 6. The summed E-state index contributed by atoms with van der Waals surface area (Å²) in [6.45, 7) is 13.0. The van der Waals surface area contributed by atoms with Crippen LogP contribution in [0.5, 0.6) is 0 Å². The molecule has 1 amide bonds. The predicted octanol–water partition coefficient (Wildman–Crippen LogP) is 3.96. The molecule has 5 nitrogen and oxygen atoms in total. The first-order valence-corrected chi connectivity index (χ1v) is 9.94. The number of anilines is 1. The molecular formula is C19H30N2O3S.